The van der Waals surface area contributed by atoms with Crippen molar-refractivity contribution in [2.75, 3.05) is 18.0 Å². The average Bonchev–Trinajstić information content (AvgIpc) is 2.38. The van der Waals surface area contributed by atoms with Crippen molar-refractivity contribution in [3.63, 3.8) is 0 Å². The molecule has 98 valence electrons. The van der Waals surface area contributed by atoms with Crippen LogP contribution in [0.25, 0.3) is 0 Å². The monoisotopic (exact) mass is 245 g/mol. The van der Waals surface area contributed by atoms with E-state index in [1.165, 1.54) is 23.2 Å². The lowest BCUT2D eigenvalue weighted by Gasteiger charge is -2.29. The second-order valence-corrected chi connectivity index (χ2v) is 5.29. The van der Waals surface area contributed by atoms with Gasteiger partial charge >= 0.3 is 0 Å². The molecule has 1 aromatic rings. The first-order valence-corrected chi connectivity index (χ1v) is 6.73. The quantitative estimate of drug-likeness (QED) is 0.827. The highest BCUT2D eigenvalue weighted by Gasteiger charge is 2.13. The van der Waals surface area contributed by atoms with E-state index in [2.05, 4.69) is 48.1 Å². The van der Waals surface area contributed by atoms with E-state index in [9.17, 15) is 0 Å². The molecule has 0 bridgehead atoms. The number of anilines is 1. The molecule has 1 N–H and O–H groups in total. The SMILES string of the molecule is CC1=CCN(c2ccncc2CNC(C)C)CC1. The van der Waals surface area contributed by atoms with Gasteiger partial charge in [0.1, 0.15) is 0 Å². The van der Waals surface area contributed by atoms with Crippen molar-refractivity contribution in [2.24, 2.45) is 0 Å². The zero-order chi connectivity index (χ0) is 13.0. The first-order valence-electron chi connectivity index (χ1n) is 6.73. The van der Waals surface area contributed by atoms with Gasteiger partial charge in [0, 0.05) is 49.3 Å². The van der Waals surface area contributed by atoms with Crippen LogP contribution in [0.4, 0.5) is 5.69 Å². The number of hydrogen-bond acceptors (Lipinski definition) is 3. The van der Waals surface area contributed by atoms with E-state index >= 15 is 0 Å². The van der Waals surface area contributed by atoms with Crippen LogP contribution >= 0.6 is 0 Å². The van der Waals surface area contributed by atoms with Crippen LogP contribution in [0.5, 0.6) is 0 Å². The van der Waals surface area contributed by atoms with Crippen molar-refractivity contribution in [3.05, 3.63) is 35.7 Å². The van der Waals surface area contributed by atoms with Gasteiger partial charge in [0.2, 0.25) is 0 Å². The van der Waals surface area contributed by atoms with Gasteiger partial charge in [-0.15, -0.1) is 0 Å². The topological polar surface area (TPSA) is 28.2 Å². The van der Waals surface area contributed by atoms with Crippen LogP contribution in [0.2, 0.25) is 0 Å². The molecule has 1 aliphatic rings. The van der Waals surface area contributed by atoms with Gasteiger partial charge in [0.15, 0.2) is 0 Å². The van der Waals surface area contributed by atoms with Gasteiger partial charge in [-0.1, -0.05) is 25.5 Å². The molecule has 0 saturated carbocycles. The van der Waals surface area contributed by atoms with Crippen LogP contribution < -0.4 is 10.2 Å². The summed E-state index contributed by atoms with van der Waals surface area (Å²) in [4.78, 5) is 6.69. The first kappa shape index (κ1) is 13.1. The third kappa shape index (κ3) is 3.33. The maximum Gasteiger partial charge on any atom is 0.0445 e. The zero-order valence-corrected chi connectivity index (χ0v) is 11.6. The number of hydrogen-bond donors (Lipinski definition) is 1. The molecule has 1 aliphatic heterocycles. The molecule has 2 heterocycles. The van der Waals surface area contributed by atoms with E-state index < -0.39 is 0 Å². The molecule has 0 spiro atoms. The molecule has 18 heavy (non-hydrogen) atoms. The molecular weight excluding hydrogens is 222 g/mol. The van der Waals surface area contributed by atoms with Crippen LogP contribution in [0.15, 0.2) is 30.1 Å². The van der Waals surface area contributed by atoms with Gasteiger partial charge in [-0.05, 0) is 19.4 Å². The summed E-state index contributed by atoms with van der Waals surface area (Å²) < 4.78 is 0. The van der Waals surface area contributed by atoms with Crippen molar-refractivity contribution in [2.45, 2.75) is 39.8 Å². The highest BCUT2D eigenvalue weighted by atomic mass is 15.1. The fraction of sp³-hybridized carbons (Fsp3) is 0.533. The Morgan fingerprint density at radius 1 is 1.44 bits per heavy atom. The van der Waals surface area contributed by atoms with Gasteiger partial charge in [-0.3, -0.25) is 4.98 Å². The second kappa shape index (κ2) is 6.01. The molecule has 0 unspecified atom stereocenters. The molecule has 1 aromatic heterocycles. The highest BCUT2D eigenvalue weighted by Crippen LogP contribution is 2.23. The van der Waals surface area contributed by atoms with E-state index in [1.807, 2.05) is 12.4 Å². The van der Waals surface area contributed by atoms with Crippen molar-refractivity contribution >= 4 is 5.69 Å². The molecule has 0 amide bonds. The van der Waals surface area contributed by atoms with Crippen LogP contribution in [0.3, 0.4) is 0 Å². The molecule has 0 aromatic carbocycles. The Bertz CT molecular complexity index is 424. The third-order valence-corrected chi connectivity index (χ3v) is 3.36. The molecule has 3 nitrogen and oxygen atoms in total. The minimum Gasteiger partial charge on any atom is -0.367 e. The number of rotatable bonds is 4. The van der Waals surface area contributed by atoms with Crippen LogP contribution in [-0.2, 0) is 6.54 Å². The van der Waals surface area contributed by atoms with Crippen LogP contribution in [0.1, 0.15) is 32.8 Å². The van der Waals surface area contributed by atoms with Crippen molar-refractivity contribution < 1.29 is 0 Å². The smallest absolute Gasteiger partial charge is 0.0445 e. The van der Waals surface area contributed by atoms with Gasteiger partial charge in [0.25, 0.3) is 0 Å². The Labute approximate surface area is 110 Å². The number of nitrogens with one attached hydrogen (secondary N) is 1. The fourth-order valence-corrected chi connectivity index (χ4v) is 2.17. The fourth-order valence-electron chi connectivity index (χ4n) is 2.17. The summed E-state index contributed by atoms with van der Waals surface area (Å²) in [6, 6.07) is 2.63. The third-order valence-electron chi connectivity index (χ3n) is 3.36. The van der Waals surface area contributed by atoms with Crippen LogP contribution in [0, 0.1) is 0 Å². The molecule has 0 fully saturated rings. The normalized spacial score (nSPS) is 16.0. The summed E-state index contributed by atoms with van der Waals surface area (Å²) >= 11 is 0. The molecule has 0 atom stereocenters. The number of aromatic nitrogens is 1. The van der Waals surface area contributed by atoms with E-state index in [0.717, 1.165) is 19.6 Å². The number of pyridine rings is 1. The minimum absolute atomic E-state index is 0.501. The Balaban J connectivity index is 2.12. The summed E-state index contributed by atoms with van der Waals surface area (Å²) in [5.41, 5.74) is 4.11. The van der Waals surface area contributed by atoms with Crippen molar-refractivity contribution in [1.29, 1.82) is 0 Å². The van der Waals surface area contributed by atoms with Crippen molar-refractivity contribution in [3.8, 4) is 0 Å². The lowest BCUT2D eigenvalue weighted by molar-refractivity contribution is 0.586. The molecule has 0 saturated heterocycles. The Hall–Kier alpha value is -1.35. The highest BCUT2D eigenvalue weighted by molar-refractivity contribution is 5.53. The standard InChI is InChI=1S/C15H23N3/c1-12(2)17-11-14-10-16-7-4-15(14)18-8-5-13(3)6-9-18/h4-5,7,10,12,17H,6,8-9,11H2,1-3H3. The number of nitrogens with zero attached hydrogens (tertiary/aromatic N) is 2. The second-order valence-electron chi connectivity index (χ2n) is 5.29. The Morgan fingerprint density at radius 3 is 2.94 bits per heavy atom. The summed E-state index contributed by atoms with van der Waals surface area (Å²) in [6.07, 6.45) is 7.36. The van der Waals surface area contributed by atoms with Gasteiger partial charge in [-0.25, -0.2) is 0 Å². The largest absolute Gasteiger partial charge is 0.367 e. The summed E-state index contributed by atoms with van der Waals surface area (Å²) in [5.74, 6) is 0. The molecule has 3 heteroatoms. The van der Waals surface area contributed by atoms with Gasteiger partial charge < -0.3 is 10.2 Å². The van der Waals surface area contributed by atoms with E-state index in [0.29, 0.717) is 6.04 Å². The van der Waals surface area contributed by atoms with Crippen LogP contribution in [-0.4, -0.2) is 24.1 Å². The Kier molecular flexibility index (Phi) is 4.37. The first-order chi connectivity index (χ1) is 8.66. The summed E-state index contributed by atoms with van der Waals surface area (Å²) in [5, 5.41) is 3.47. The molecule has 0 radical (unpaired) electrons. The lowest BCUT2D eigenvalue weighted by Crippen LogP contribution is -2.30. The lowest BCUT2D eigenvalue weighted by atomic mass is 10.1. The molecule has 2 rings (SSSR count). The summed E-state index contributed by atoms with van der Waals surface area (Å²) in [6.45, 7) is 9.57. The zero-order valence-electron chi connectivity index (χ0n) is 11.6. The van der Waals surface area contributed by atoms with Gasteiger partial charge in [0.05, 0.1) is 0 Å². The maximum atomic E-state index is 4.25. The molecular formula is C15H23N3. The summed E-state index contributed by atoms with van der Waals surface area (Å²) in [7, 11) is 0. The van der Waals surface area contributed by atoms with Gasteiger partial charge in [-0.2, -0.15) is 0 Å². The van der Waals surface area contributed by atoms with E-state index in [1.54, 1.807) is 0 Å². The average molecular weight is 245 g/mol. The minimum atomic E-state index is 0.501. The predicted molar refractivity (Wildman–Crippen MR) is 76.8 cm³/mol. The van der Waals surface area contributed by atoms with E-state index in [-0.39, 0.29) is 0 Å². The maximum absolute atomic E-state index is 4.25. The van der Waals surface area contributed by atoms with Crippen molar-refractivity contribution in [1.82, 2.24) is 10.3 Å². The van der Waals surface area contributed by atoms with E-state index in [4.69, 9.17) is 0 Å². The predicted octanol–water partition coefficient (Wildman–Crippen LogP) is 2.74. The Morgan fingerprint density at radius 2 is 2.28 bits per heavy atom. The molecule has 0 aliphatic carbocycles.